The van der Waals surface area contributed by atoms with Crippen LogP contribution in [0, 0.1) is 13.8 Å². The maximum Gasteiger partial charge on any atom is 0.257 e. The Hall–Kier alpha value is -1.40. The summed E-state index contributed by atoms with van der Waals surface area (Å²) in [5, 5.41) is 11.4. The van der Waals surface area contributed by atoms with E-state index in [1.54, 1.807) is 11.8 Å². The van der Waals surface area contributed by atoms with Crippen molar-refractivity contribution in [2.45, 2.75) is 31.5 Å². The van der Waals surface area contributed by atoms with E-state index in [0.717, 1.165) is 27.6 Å². The fraction of sp³-hybridized carbons (Fsp3) is 0.357. The van der Waals surface area contributed by atoms with Gasteiger partial charge in [-0.3, -0.25) is 10.1 Å². The first-order chi connectivity index (χ1) is 9.60. The van der Waals surface area contributed by atoms with Gasteiger partial charge in [0.05, 0.1) is 0 Å². The van der Waals surface area contributed by atoms with Crippen LogP contribution in [0.1, 0.15) is 34.8 Å². The second kappa shape index (κ2) is 6.85. The van der Waals surface area contributed by atoms with E-state index in [9.17, 15) is 4.79 Å². The van der Waals surface area contributed by atoms with Gasteiger partial charge in [0.15, 0.2) is 4.34 Å². The minimum atomic E-state index is -0.130. The van der Waals surface area contributed by atoms with Gasteiger partial charge >= 0.3 is 0 Å². The van der Waals surface area contributed by atoms with E-state index in [0.29, 0.717) is 10.7 Å². The zero-order chi connectivity index (χ0) is 14.5. The molecular formula is C14H17N3OS2. The monoisotopic (exact) mass is 307 g/mol. The van der Waals surface area contributed by atoms with Gasteiger partial charge in [-0.15, -0.1) is 10.2 Å². The molecule has 0 radical (unpaired) electrons. The number of aryl methyl sites for hydroxylation is 2. The Balaban J connectivity index is 2.07. The van der Waals surface area contributed by atoms with Crippen molar-refractivity contribution in [1.29, 1.82) is 0 Å². The van der Waals surface area contributed by atoms with Crippen molar-refractivity contribution >= 4 is 34.1 Å². The third-order valence-electron chi connectivity index (χ3n) is 2.69. The molecule has 0 unspecified atom stereocenters. The molecule has 106 valence electrons. The lowest BCUT2D eigenvalue weighted by atomic mass is 10.1. The molecule has 20 heavy (non-hydrogen) atoms. The normalized spacial score (nSPS) is 10.6. The molecule has 0 aliphatic carbocycles. The molecule has 1 amide bonds. The van der Waals surface area contributed by atoms with Crippen molar-refractivity contribution in [3.8, 4) is 0 Å². The number of nitrogens with zero attached hydrogens (tertiary/aromatic N) is 2. The summed E-state index contributed by atoms with van der Waals surface area (Å²) in [4.78, 5) is 12.2. The van der Waals surface area contributed by atoms with Gasteiger partial charge in [-0.1, -0.05) is 47.7 Å². The van der Waals surface area contributed by atoms with Crippen molar-refractivity contribution < 1.29 is 4.79 Å². The molecule has 0 aliphatic rings. The fourth-order valence-electron chi connectivity index (χ4n) is 1.65. The summed E-state index contributed by atoms with van der Waals surface area (Å²) < 4.78 is 0.892. The summed E-state index contributed by atoms with van der Waals surface area (Å²) >= 11 is 3.08. The third-order valence-corrected chi connectivity index (χ3v) is 4.87. The molecule has 1 N–H and O–H groups in total. The van der Waals surface area contributed by atoms with Gasteiger partial charge in [0.1, 0.15) is 0 Å². The molecule has 4 nitrogen and oxygen atoms in total. The number of benzene rings is 1. The molecule has 2 rings (SSSR count). The predicted octanol–water partition coefficient (Wildman–Crippen LogP) is 3.91. The maximum atomic E-state index is 12.2. The summed E-state index contributed by atoms with van der Waals surface area (Å²) in [6.45, 7) is 6.02. The number of rotatable bonds is 5. The van der Waals surface area contributed by atoms with E-state index < -0.39 is 0 Å². The van der Waals surface area contributed by atoms with Gasteiger partial charge < -0.3 is 0 Å². The Kier molecular flexibility index (Phi) is 5.14. The molecular weight excluding hydrogens is 290 g/mol. The fourth-order valence-corrected chi connectivity index (χ4v) is 3.33. The molecule has 0 saturated heterocycles. The molecule has 0 bridgehead atoms. The Morgan fingerprint density at radius 3 is 2.90 bits per heavy atom. The van der Waals surface area contributed by atoms with Crippen LogP contribution in [-0.2, 0) is 0 Å². The van der Waals surface area contributed by atoms with Gasteiger partial charge in [-0.05, 0) is 31.9 Å². The van der Waals surface area contributed by atoms with E-state index >= 15 is 0 Å². The van der Waals surface area contributed by atoms with Gasteiger partial charge in [0, 0.05) is 11.3 Å². The molecule has 0 aliphatic heterocycles. The number of hydrogen-bond donors (Lipinski definition) is 1. The van der Waals surface area contributed by atoms with Crippen LogP contribution in [0.15, 0.2) is 22.5 Å². The van der Waals surface area contributed by atoms with Crippen LogP contribution in [0.25, 0.3) is 0 Å². The average Bonchev–Trinajstić information content (AvgIpc) is 2.86. The van der Waals surface area contributed by atoms with Crippen molar-refractivity contribution in [1.82, 2.24) is 10.2 Å². The zero-order valence-corrected chi connectivity index (χ0v) is 13.4. The smallest absolute Gasteiger partial charge is 0.257 e. The Bertz CT molecular complexity index is 610. The van der Waals surface area contributed by atoms with Gasteiger partial charge in [0.2, 0.25) is 5.13 Å². The standard InChI is InChI=1S/C14H17N3OS2/c1-4-7-19-14-17-16-13(20-14)15-12(18)11-8-9(2)5-6-10(11)3/h5-6,8H,4,7H2,1-3H3,(H,15,16,18). The highest BCUT2D eigenvalue weighted by atomic mass is 32.2. The van der Waals surface area contributed by atoms with Crippen LogP contribution >= 0.6 is 23.1 Å². The number of anilines is 1. The van der Waals surface area contributed by atoms with Crippen LogP contribution in [0.5, 0.6) is 0 Å². The van der Waals surface area contributed by atoms with E-state index in [-0.39, 0.29) is 5.91 Å². The number of aromatic nitrogens is 2. The topological polar surface area (TPSA) is 54.9 Å². The highest BCUT2D eigenvalue weighted by Gasteiger charge is 2.12. The number of nitrogens with one attached hydrogen (secondary N) is 1. The van der Waals surface area contributed by atoms with Crippen molar-refractivity contribution in [3.63, 3.8) is 0 Å². The largest absolute Gasteiger partial charge is 0.296 e. The number of thioether (sulfide) groups is 1. The van der Waals surface area contributed by atoms with Crippen LogP contribution in [-0.4, -0.2) is 21.9 Å². The number of carbonyl (C=O) groups excluding carboxylic acids is 1. The summed E-state index contributed by atoms with van der Waals surface area (Å²) in [6.07, 6.45) is 1.09. The molecule has 1 aromatic heterocycles. The van der Waals surface area contributed by atoms with Crippen molar-refractivity contribution in [3.05, 3.63) is 34.9 Å². The predicted molar refractivity (Wildman–Crippen MR) is 84.8 cm³/mol. The SMILES string of the molecule is CCCSc1nnc(NC(=O)c2cc(C)ccc2C)s1. The van der Waals surface area contributed by atoms with Gasteiger partial charge in [-0.25, -0.2) is 0 Å². The minimum absolute atomic E-state index is 0.130. The second-order valence-electron chi connectivity index (χ2n) is 4.49. The second-order valence-corrected chi connectivity index (χ2v) is 6.81. The van der Waals surface area contributed by atoms with E-state index in [1.807, 2.05) is 32.0 Å². The van der Waals surface area contributed by atoms with Crippen LogP contribution in [0.2, 0.25) is 0 Å². The van der Waals surface area contributed by atoms with Crippen LogP contribution in [0.4, 0.5) is 5.13 Å². The molecule has 0 atom stereocenters. The summed E-state index contributed by atoms with van der Waals surface area (Å²) in [5.74, 6) is 0.883. The van der Waals surface area contributed by atoms with Crippen LogP contribution < -0.4 is 5.32 Å². The van der Waals surface area contributed by atoms with E-state index in [1.165, 1.54) is 11.3 Å². The zero-order valence-electron chi connectivity index (χ0n) is 11.8. The molecule has 1 heterocycles. The van der Waals surface area contributed by atoms with Crippen molar-refractivity contribution in [2.24, 2.45) is 0 Å². The lowest BCUT2D eigenvalue weighted by Gasteiger charge is -2.05. The highest BCUT2D eigenvalue weighted by molar-refractivity contribution is 8.01. The Morgan fingerprint density at radius 2 is 2.15 bits per heavy atom. The molecule has 0 spiro atoms. The number of amides is 1. The van der Waals surface area contributed by atoms with Gasteiger partial charge in [0.25, 0.3) is 5.91 Å². The van der Waals surface area contributed by atoms with E-state index in [4.69, 9.17) is 0 Å². The minimum Gasteiger partial charge on any atom is -0.296 e. The number of carbonyl (C=O) groups is 1. The molecule has 2 aromatic rings. The average molecular weight is 307 g/mol. The lowest BCUT2D eigenvalue weighted by Crippen LogP contribution is -2.13. The first-order valence-corrected chi connectivity index (χ1v) is 8.25. The molecule has 0 saturated carbocycles. The summed E-state index contributed by atoms with van der Waals surface area (Å²) in [5.41, 5.74) is 2.71. The molecule has 6 heteroatoms. The third kappa shape index (κ3) is 3.80. The highest BCUT2D eigenvalue weighted by Crippen LogP contribution is 2.26. The first kappa shape index (κ1) is 15.0. The summed E-state index contributed by atoms with van der Waals surface area (Å²) in [6, 6.07) is 5.84. The Labute approximate surface area is 127 Å². The first-order valence-electron chi connectivity index (χ1n) is 6.45. The molecule has 1 aromatic carbocycles. The maximum absolute atomic E-state index is 12.2. The quantitative estimate of drug-likeness (QED) is 0.672. The lowest BCUT2D eigenvalue weighted by molar-refractivity contribution is 0.102. The summed E-state index contributed by atoms with van der Waals surface area (Å²) in [7, 11) is 0. The number of hydrogen-bond acceptors (Lipinski definition) is 5. The van der Waals surface area contributed by atoms with Gasteiger partial charge in [-0.2, -0.15) is 0 Å². The Morgan fingerprint density at radius 1 is 1.35 bits per heavy atom. The van der Waals surface area contributed by atoms with Crippen molar-refractivity contribution in [2.75, 3.05) is 11.1 Å². The molecule has 0 fully saturated rings. The van der Waals surface area contributed by atoms with E-state index in [2.05, 4.69) is 22.4 Å². The van der Waals surface area contributed by atoms with Crippen LogP contribution in [0.3, 0.4) is 0 Å².